The standard InChI is InChI=1S/C25H33N3O5S2/c1-13-20-19(14(2)29)24(31)28(20)21(25(32)33)22(13)35-17-10-18(23(30)26(3)4)27(12-17)11-15-7-6-8-16(9-15)34-5/h6-9,13-14,17-20,29H,10-12H2,1-5H3,(H,32,33)/t13-,14-,17+,18+,19-,20-/m1/s1. The maximum atomic E-state index is 13.0. The lowest BCUT2D eigenvalue weighted by atomic mass is 9.79. The molecule has 3 aliphatic rings. The molecule has 0 bridgehead atoms. The molecule has 35 heavy (non-hydrogen) atoms. The van der Waals surface area contributed by atoms with Crippen LogP contribution < -0.4 is 0 Å². The van der Waals surface area contributed by atoms with Crippen molar-refractivity contribution in [1.29, 1.82) is 0 Å². The fourth-order valence-corrected chi connectivity index (χ4v) is 7.58. The first-order valence-electron chi connectivity index (χ1n) is 11.8. The number of carbonyl (C=O) groups excluding carboxylic acids is 2. The molecule has 0 spiro atoms. The van der Waals surface area contributed by atoms with E-state index in [0.29, 0.717) is 24.4 Å². The molecule has 2 fully saturated rings. The monoisotopic (exact) mass is 519 g/mol. The number of hydrogen-bond donors (Lipinski definition) is 2. The number of thioether (sulfide) groups is 2. The van der Waals surface area contributed by atoms with E-state index in [0.717, 1.165) is 5.56 Å². The molecule has 3 aliphatic heterocycles. The fourth-order valence-electron chi connectivity index (χ4n) is 5.54. The maximum absolute atomic E-state index is 13.0. The highest BCUT2D eigenvalue weighted by Gasteiger charge is 2.60. The smallest absolute Gasteiger partial charge is 0.353 e. The van der Waals surface area contributed by atoms with Crippen molar-refractivity contribution >= 4 is 41.3 Å². The molecular weight excluding hydrogens is 486 g/mol. The zero-order valence-electron chi connectivity index (χ0n) is 20.7. The highest BCUT2D eigenvalue weighted by molar-refractivity contribution is 8.03. The zero-order valence-corrected chi connectivity index (χ0v) is 22.3. The van der Waals surface area contributed by atoms with Crippen molar-refractivity contribution in [1.82, 2.24) is 14.7 Å². The minimum Gasteiger partial charge on any atom is -0.477 e. The van der Waals surface area contributed by atoms with E-state index in [-0.39, 0.29) is 40.8 Å². The lowest BCUT2D eigenvalue weighted by Crippen LogP contribution is -2.63. The molecule has 190 valence electrons. The van der Waals surface area contributed by atoms with E-state index in [4.69, 9.17) is 0 Å². The van der Waals surface area contributed by atoms with Gasteiger partial charge in [-0.1, -0.05) is 19.1 Å². The number of hydrogen-bond acceptors (Lipinski definition) is 7. The van der Waals surface area contributed by atoms with Gasteiger partial charge in [-0.25, -0.2) is 4.79 Å². The van der Waals surface area contributed by atoms with Gasteiger partial charge in [0.2, 0.25) is 11.8 Å². The highest BCUT2D eigenvalue weighted by Crippen LogP contribution is 2.52. The zero-order chi connectivity index (χ0) is 25.6. The number of carbonyl (C=O) groups is 3. The number of aliphatic hydroxyl groups excluding tert-OH is 1. The van der Waals surface area contributed by atoms with Crippen LogP contribution in [0.2, 0.25) is 0 Å². The summed E-state index contributed by atoms with van der Waals surface area (Å²) >= 11 is 3.16. The van der Waals surface area contributed by atoms with Gasteiger partial charge >= 0.3 is 5.97 Å². The van der Waals surface area contributed by atoms with E-state index in [2.05, 4.69) is 23.1 Å². The molecule has 2 saturated heterocycles. The Hall–Kier alpha value is -2.01. The van der Waals surface area contributed by atoms with Crippen LogP contribution in [0.15, 0.2) is 39.8 Å². The summed E-state index contributed by atoms with van der Waals surface area (Å²) in [6.45, 7) is 4.78. The van der Waals surface area contributed by atoms with Gasteiger partial charge in [0.1, 0.15) is 5.70 Å². The van der Waals surface area contributed by atoms with Crippen LogP contribution in [0.1, 0.15) is 25.8 Å². The Labute approximate surface area is 214 Å². The molecule has 4 rings (SSSR count). The van der Waals surface area contributed by atoms with Crippen LogP contribution in [0, 0.1) is 11.8 Å². The molecule has 1 aromatic rings. The summed E-state index contributed by atoms with van der Waals surface area (Å²) in [6, 6.07) is 7.66. The van der Waals surface area contributed by atoms with E-state index in [9.17, 15) is 24.6 Å². The summed E-state index contributed by atoms with van der Waals surface area (Å²) in [7, 11) is 3.51. The second-order valence-electron chi connectivity index (χ2n) is 9.78. The van der Waals surface area contributed by atoms with Gasteiger partial charge < -0.3 is 20.0 Å². The predicted molar refractivity (Wildman–Crippen MR) is 137 cm³/mol. The predicted octanol–water partition coefficient (Wildman–Crippen LogP) is 2.33. The number of nitrogens with zero attached hydrogens (tertiary/aromatic N) is 3. The molecule has 6 atom stereocenters. The van der Waals surface area contributed by atoms with Crippen molar-refractivity contribution in [2.45, 2.75) is 55.1 Å². The third-order valence-corrected chi connectivity index (χ3v) is 9.43. The Bertz CT molecular complexity index is 1060. The van der Waals surface area contributed by atoms with E-state index >= 15 is 0 Å². The average Bonchev–Trinajstić information content (AvgIpc) is 3.30. The second-order valence-corrected chi connectivity index (χ2v) is 12.0. The first-order valence-corrected chi connectivity index (χ1v) is 13.9. The van der Waals surface area contributed by atoms with Gasteiger partial charge in [0.05, 0.1) is 24.1 Å². The Balaban J connectivity index is 1.57. The number of carboxylic acid groups (broad SMARTS) is 1. The number of aliphatic carboxylic acids is 1. The van der Waals surface area contributed by atoms with Crippen LogP contribution in [0.3, 0.4) is 0 Å². The molecule has 2 amide bonds. The molecule has 3 heterocycles. The largest absolute Gasteiger partial charge is 0.477 e. The number of benzene rings is 1. The minimum atomic E-state index is -1.12. The summed E-state index contributed by atoms with van der Waals surface area (Å²) in [5.74, 6) is -2.17. The van der Waals surface area contributed by atoms with Gasteiger partial charge in [-0.3, -0.25) is 14.5 Å². The SMILES string of the molecule is CSc1cccc(CN2C[C@@H](SC3=C(C(=O)O)N4C(=O)[C@H]([C@@H](C)O)[C@H]4[C@H]3C)C[C@H]2C(=O)N(C)C)c1. The van der Waals surface area contributed by atoms with Crippen LogP contribution >= 0.6 is 23.5 Å². The van der Waals surface area contributed by atoms with Gasteiger partial charge in [-0.05, 0) is 37.3 Å². The van der Waals surface area contributed by atoms with Crippen LogP contribution in [-0.4, -0.2) is 93.0 Å². The summed E-state index contributed by atoms with van der Waals surface area (Å²) in [5, 5.41) is 20.1. The van der Waals surface area contributed by atoms with Gasteiger partial charge in [-0.2, -0.15) is 0 Å². The normalized spacial score (nSPS) is 29.3. The van der Waals surface area contributed by atoms with Gasteiger partial charge in [0, 0.05) is 48.2 Å². The number of amides is 2. The van der Waals surface area contributed by atoms with Crippen LogP contribution in [0.5, 0.6) is 0 Å². The molecule has 1 aromatic carbocycles. The number of rotatable bonds is 8. The Morgan fingerprint density at radius 1 is 1.29 bits per heavy atom. The minimum absolute atomic E-state index is 0.0123. The van der Waals surface area contributed by atoms with Gasteiger partial charge in [-0.15, -0.1) is 23.5 Å². The van der Waals surface area contributed by atoms with Crippen molar-refractivity contribution in [3.8, 4) is 0 Å². The maximum Gasteiger partial charge on any atom is 0.353 e. The number of carboxylic acids is 1. The Kier molecular flexibility index (Phi) is 7.57. The average molecular weight is 520 g/mol. The van der Waals surface area contributed by atoms with Crippen LogP contribution in [-0.2, 0) is 20.9 Å². The summed E-state index contributed by atoms with van der Waals surface area (Å²) in [5.41, 5.74) is 1.17. The number of likely N-dealkylation sites (N-methyl/N-ethyl adjacent to an activating group) is 1. The molecular formula is C25H33N3O5S2. The third kappa shape index (κ3) is 4.73. The van der Waals surface area contributed by atoms with E-state index in [1.165, 1.54) is 21.6 Å². The van der Waals surface area contributed by atoms with Crippen LogP contribution in [0.4, 0.5) is 0 Å². The summed E-state index contributed by atoms with van der Waals surface area (Å²) in [4.78, 5) is 44.9. The topological polar surface area (TPSA) is 101 Å². The Morgan fingerprint density at radius 3 is 2.60 bits per heavy atom. The first-order chi connectivity index (χ1) is 16.5. The molecule has 0 aromatic heterocycles. The number of likely N-dealkylation sites (tertiary alicyclic amines) is 1. The molecule has 0 unspecified atom stereocenters. The van der Waals surface area contributed by atoms with E-state index in [1.54, 1.807) is 37.7 Å². The van der Waals surface area contributed by atoms with Gasteiger partial charge in [0.15, 0.2) is 0 Å². The van der Waals surface area contributed by atoms with Crippen LogP contribution in [0.25, 0.3) is 0 Å². The van der Waals surface area contributed by atoms with E-state index in [1.807, 2.05) is 19.2 Å². The fraction of sp³-hybridized carbons (Fsp3) is 0.560. The number of aliphatic hydroxyl groups is 1. The molecule has 0 saturated carbocycles. The lowest BCUT2D eigenvalue weighted by Gasteiger charge is -2.46. The van der Waals surface area contributed by atoms with Gasteiger partial charge in [0.25, 0.3) is 0 Å². The quantitative estimate of drug-likeness (QED) is 0.399. The van der Waals surface area contributed by atoms with E-state index < -0.39 is 18.0 Å². The lowest BCUT2D eigenvalue weighted by molar-refractivity contribution is -0.163. The van der Waals surface area contributed by atoms with Crippen molar-refractivity contribution in [3.63, 3.8) is 0 Å². The molecule has 0 radical (unpaired) electrons. The Morgan fingerprint density at radius 2 is 2.00 bits per heavy atom. The number of β-lactam (4-membered cyclic amide) rings is 1. The summed E-state index contributed by atoms with van der Waals surface area (Å²) < 4.78 is 0. The molecule has 10 heteroatoms. The molecule has 8 nitrogen and oxygen atoms in total. The highest BCUT2D eigenvalue weighted by atomic mass is 32.2. The summed E-state index contributed by atoms with van der Waals surface area (Å²) in [6.07, 6.45) is 1.81. The molecule has 0 aliphatic carbocycles. The first kappa shape index (κ1) is 26.1. The third-order valence-electron chi connectivity index (χ3n) is 7.22. The second kappa shape index (κ2) is 10.2. The van der Waals surface area contributed by atoms with Crippen molar-refractivity contribution in [2.24, 2.45) is 11.8 Å². The number of fused-ring (bicyclic) bond motifs is 1. The molecule has 2 N–H and O–H groups in total. The van der Waals surface area contributed by atoms with Crippen molar-refractivity contribution in [2.75, 3.05) is 26.9 Å². The van der Waals surface area contributed by atoms with Crippen molar-refractivity contribution < 1.29 is 24.6 Å². The van der Waals surface area contributed by atoms with Crippen molar-refractivity contribution in [3.05, 3.63) is 40.4 Å².